The van der Waals surface area contributed by atoms with Gasteiger partial charge in [0.2, 0.25) is 0 Å². The normalized spacial score (nSPS) is 19.2. The molecule has 0 fully saturated rings. The van der Waals surface area contributed by atoms with Gasteiger partial charge in [0.1, 0.15) is 5.76 Å². The second kappa shape index (κ2) is 2.60. The fourth-order valence-electron chi connectivity index (χ4n) is 0.938. The zero-order chi connectivity index (χ0) is 8.48. The van der Waals surface area contributed by atoms with Crippen LogP contribution in [0.15, 0.2) is 23.5 Å². The topological polar surface area (TPSA) is 20.2 Å². The van der Waals surface area contributed by atoms with Crippen molar-refractivity contribution in [1.82, 2.24) is 0 Å². The van der Waals surface area contributed by atoms with Crippen LogP contribution in [-0.2, 0) is 0 Å². The van der Waals surface area contributed by atoms with Crippen LogP contribution in [0.4, 0.5) is 13.2 Å². The number of hydrogen-bond donors (Lipinski definition) is 1. The molecular formula is C7H7F3O. The van der Waals surface area contributed by atoms with Crippen LogP contribution in [0, 0.1) is 0 Å². The van der Waals surface area contributed by atoms with E-state index >= 15 is 0 Å². The predicted octanol–water partition coefficient (Wildman–Crippen LogP) is 2.71. The Labute approximate surface area is 61.8 Å². The van der Waals surface area contributed by atoms with Crippen LogP contribution in [0.25, 0.3) is 0 Å². The average Bonchev–Trinajstić information content (AvgIpc) is 1.86. The first-order valence-corrected chi connectivity index (χ1v) is 3.17. The summed E-state index contributed by atoms with van der Waals surface area (Å²) in [4.78, 5) is 0. The molecule has 0 aromatic carbocycles. The van der Waals surface area contributed by atoms with Crippen LogP contribution in [0.2, 0.25) is 0 Å². The maximum atomic E-state index is 11.9. The molecule has 62 valence electrons. The van der Waals surface area contributed by atoms with E-state index in [2.05, 4.69) is 0 Å². The lowest BCUT2D eigenvalue weighted by atomic mass is 10.0. The Hall–Kier alpha value is -0.930. The van der Waals surface area contributed by atoms with Gasteiger partial charge in [0.25, 0.3) is 0 Å². The molecule has 1 aliphatic carbocycles. The molecule has 1 aliphatic rings. The van der Waals surface area contributed by atoms with Crippen molar-refractivity contribution in [1.29, 1.82) is 0 Å². The molecular weight excluding hydrogens is 157 g/mol. The standard InChI is InChI=1S/C7H7F3O/c8-7(9,10)5-3-1-2-4-6(5)11/h2,4,11H,1,3H2. The summed E-state index contributed by atoms with van der Waals surface area (Å²) in [6, 6.07) is 0. The Morgan fingerprint density at radius 3 is 2.36 bits per heavy atom. The van der Waals surface area contributed by atoms with Crippen molar-refractivity contribution in [3.8, 4) is 0 Å². The highest BCUT2D eigenvalue weighted by Gasteiger charge is 2.36. The maximum Gasteiger partial charge on any atom is 0.416 e. The minimum atomic E-state index is -4.38. The first kappa shape index (κ1) is 8.17. The molecule has 0 radical (unpaired) electrons. The average molecular weight is 164 g/mol. The SMILES string of the molecule is OC1=C(C(F)(F)F)CCC=C1. The van der Waals surface area contributed by atoms with E-state index in [9.17, 15) is 13.2 Å². The molecule has 0 aromatic heterocycles. The van der Waals surface area contributed by atoms with Gasteiger partial charge in [-0.1, -0.05) is 6.08 Å². The summed E-state index contributed by atoms with van der Waals surface area (Å²) < 4.78 is 35.8. The molecule has 4 heteroatoms. The maximum absolute atomic E-state index is 11.9. The monoisotopic (exact) mass is 164 g/mol. The third-order valence-electron chi connectivity index (χ3n) is 1.49. The van der Waals surface area contributed by atoms with Crippen LogP contribution in [0.3, 0.4) is 0 Å². The Kier molecular flexibility index (Phi) is 1.93. The van der Waals surface area contributed by atoms with E-state index in [-0.39, 0.29) is 6.42 Å². The third-order valence-corrected chi connectivity index (χ3v) is 1.49. The van der Waals surface area contributed by atoms with E-state index in [1.165, 1.54) is 6.08 Å². The van der Waals surface area contributed by atoms with Gasteiger partial charge in [0, 0.05) is 0 Å². The molecule has 0 aromatic rings. The lowest BCUT2D eigenvalue weighted by Gasteiger charge is -2.14. The molecule has 0 saturated carbocycles. The molecule has 0 atom stereocenters. The van der Waals surface area contributed by atoms with Crippen molar-refractivity contribution in [2.24, 2.45) is 0 Å². The van der Waals surface area contributed by atoms with Gasteiger partial charge in [-0.15, -0.1) is 0 Å². The van der Waals surface area contributed by atoms with Gasteiger partial charge >= 0.3 is 6.18 Å². The lowest BCUT2D eigenvalue weighted by molar-refractivity contribution is -0.0966. The van der Waals surface area contributed by atoms with Gasteiger partial charge in [-0.05, 0) is 18.9 Å². The molecule has 0 amide bonds. The summed E-state index contributed by atoms with van der Waals surface area (Å²) >= 11 is 0. The number of halogens is 3. The van der Waals surface area contributed by atoms with Gasteiger partial charge in [0.05, 0.1) is 5.57 Å². The van der Waals surface area contributed by atoms with Crippen molar-refractivity contribution in [3.05, 3.63) is 23.5 Å². The third kappa shape index (κ3) is 1.76. The van der Waals surface area contributed by atoms with Crippen LogP contribution in [-0.4, -0.2) is 11.3 Å². The largest absolute Gasteiger partial charge is 0.508 e. The Morgan fingerprint density at radius 1 is 1.36 bits per heavy atom. The highest BCUT2D eigenvalue weighted by molar-refractivity contribution is 5.26. The second-order valence-electron chi connectivity index (χ2n) is 2.30. The van der Waals surface area contributed by atoms with E-state index in [4.69, 9.17) is 5.11 Å². The Bertz CT molecular complexity index is 212. The van der Waals surface area contributed by atoms with Gasteiger partial charge < -0.3 is 5.11 Å². The highest BCUT2D eigenvalue weighted by atomic mass is 19.4. The van der Waals surface area contributed by atoms with E-state index < -0.39 is 17.5 Å². The fourth-order valence-corrected chi connectivity index (χ4v) is 0.938. The lowest BCUT2D eigenvalue weighted by Crippen LogP contribution is -2.15. The number of hydrogen-bond acceptors (Lipinski definition) is 1. The van der Waals surface area contributed by atoms with Crippen molar-refractivity contribution >= 4 is 0 Å². The summed E-state index contributed by atoms with van der Waals surface area (Å²) in [5.41, 5.74) is -0.819. The molecule has 11 heavy (non-hydrogen) atoms. The molecule has 0 aliphatic heterocycles. The Balaban J connectivity index is 2.93. The summed E-state index contributed by atoms with van der Waals surface area (Å²) in [5, 5.41) is 8.78. The first-order valence-electron chi connectivity index (χ1n) is 3.17. The number of alkyl halides is 3. The molecule has 1 nitrogen and oxygen atoms in total. The smallest absolute Gasteiger partial charge is 0.416 e. The summed E-state index contributed by atoms with van der Waals surface area (Å²) in [7, 11) is 0. The molecule has 0 unspecified atom stereocenters. The number of aliphatic hydroxyl groups excluding tert-OH is 1. The van der Waals surface area contributed by atoms with Crippen molar-refractivity contribution in [2.45, 2.75) is 19.0 Å². The van der Waals surface area contributed by atoms with Crippen molar-refractivity contribution < 1.29 is 18.3 Å². The van der Waals surface area contributed by atoms with Crippen LogP contribution in [0.1, 0.15) is 12.8 Å². The van der Waals surface area contributed by atoms with Crippen LogP contribution < -0.4 is 0 Å². The summed E-state index contributed by atoms with van der Waals surface area (Å²) in [6.07, 6.45) is -1.55. The molecule has 0 spiro atoms. The quantitative estimate of drug-likeness (QED) is 0.583. The summed E-state index contributed by atoms with van der Waals surface area (Å²) in [5.74, 6) is -0.649. The van der Waals surface area contributed by atoms with Gasteiger partial charge in [-0.2, -0.15) is 13.2 Å². The Morgan fingerprint density at radius 2 is 2.00 bits per heavy atom. The van der Waals surface area contributed by atoms with E-state index in [0.29, 0.717) is 6.42 Å². The molecule has 0 bridgehead atoms. The van der Waals surface area contributed by atoms with E-state index in [0.717, 1.165) is 6.08 Å². The molecule has 0 saturated heterocycles. The number of rotatable bonds is 0. The minimum absolute atomic E-state index is 0.119. The van der Waals surface area contributed by atoms with Crippen LogP contribution >= 0.6 is 0 Å². The van der Waals surface area contributed by atoms with Gasteiger partial charge in [-0.3, -0.25) is 0 Å². The number of aliphatic hydroxyl groups is 1. The van der Waals surface area contributed by atoms with Crippen LogP contribution in [0.5, 0.6) is 0 Å². The van der Waals surface area contributed by atoms with Gasteiger partial charge in [0.15, 0.2) is 0 Å². The molecule has 1 rings (SSSR count). The van der Waals surface area contributed by atoms with Gasteiger partial charge in [-0.25, -0.2) is 0 Å². The molecule has 0 heterocycles. The highest BCUT2D eigenvalue weighted by Crippen LogP contribution is 2.33. The van der Waals surface area contributed by atoms with Crippen molar-refractivity contribution in [3.63, 3.8) is 0 Å². The minimum Gasteiger partial charge on any atom is -0.508 e. The first-order chi connectivity index (χ1) is 5.02. The fraction of sp³-hybridized carbons (Fsp3) is 0.429. The van der Waals surface area contributed by atoms with E-state index in [1.54, 1.807) is 0 Å². The predicted molar refractivity (Wildman–Crippen MR) is 34.1 cm³/mol. The zero-order valence-electron chi connectivity index (χ0n) is 5.65. The summed E-state index contributed by atoms with van der Waals surface area (Å²) in [6.45, 7) is 0. The number of allylic oxidation sites excluding steroid dienone is 3. The van der Waals surface area contributed by atoms with Crippen molar-refractivity contribution in [2.75, 3.05) is 0 Å². The van der Waals surface area contributed by atoms with E-state index in [1.807, 2.05) is 0 Å². The second-order valence-corrected chi connectivity index (χ2v) is 2.30. The zero-order valence-corrected chi connectivity index (χ0v) is 5.65. The molecule has 1 N–H and O–H groups in total.